The number of fused-ring (bicyclic) bond motifs is 3. The van der Waals surface area contributed by atoms with Crippen LogP contribution in [0.5, 0.6) is 0 Å². The van der Waals surface area contributed by atoms with E-state index in [0.717, 1.165) is 40.6 Å². The van der Waals surface area contributed by atoms with Gasteiger partial charge >= 0.3 is 0 Å². The van der Waals surface area contributed by atoms with Crippen LogP contribution in [0.4, 0.5) is 0 Å². The van der Waals surface area contributed by atoms with E-state index in [1.807, 2.05) is 12.1 Å². The number of hydrogen-bond acceptors (Lipinski definition) is 3. The minimum atomic E-state index is -0.655. The minimum Gasteiger partial charge on any atom is -0.343 e. The molecule has 0 aromatic heterocycles. The maximum absolute atomic E-state index is 6.62. The molecule has 2 heterocycles. The highest BCUT2D eigenvalue weighted by Crippen LogP contribution is 2.46. The lowest BCUT2D eigenvalue weighted by molar-refractivity contribution is -0.0820. The van der Waals surface area contributed by atoms with Gasteiger partial charge in [-0.2, -0.15) is 0 Å². The van der Waals surface area contributed by atoms with Gasteiger partial charge in [0.25, 0.3) is 0 Å². The number of amidine groups is 1. The van der Waals surface area contributed by atoms with Crippen LogP contribution in [-0.2, 0) is 10.5 Å². The zero-order chi connectivity index (χ0) is 18.1. The summed E-state index contributed by atoms with van der Waals surface area (Å²) in [5, 5.41) is 0.727. The molecule has 134 valence electrons. The molecule has 2 aliphatic heterocycles. The lowest BCUT2D eigenvalue weighted by atomic mass is 9.93. The topological polar surface area (TPSA) is 24.8 Å². The zero-order valence-corrected chi connectivity index (χ0v) is 15.9. The molecule has 4 heteroatoms. The molecule has 1 atom stereocenters. The molecule has 0 N–H and O–H groups in total. The zero-order valence-electron chi connectivity index (χ0n) is 15.2. The van der Waals surface area contributed by atoms with Crippen LogP contribution in [-0.4, -0.2) is 30.4 Å². The van der Waals surface area contributed by atoms with Crippen molar-refractivity contribution in [3.8, 4) is 0 Å². The van der Waals surface area contributed by atoms with E-state index in [1.54, 1.807) is 0 Å². The van der Waals surface area contributed by atoms with E-state index in [1.165, 1.54) is 0 Å². The third-order valence-electron chi connectivity index (χ3n) is 4.90. The largest absolute Gasteiger partial charge is 0.343 e. The first-order valence-corrected chi connectivity index (χ1v) is 9.49. The molecule has 0 amide bonds. The van der Waals surface area contributed by atoms with Crippen molar-refractivity contribution >= 4 is 17.4 Å². The molecular formula is C22H23ClN2O. The fraction of sp³-hybridized carbons (Fsp3) is 0.318. The molecule has 0 aliphatic carbocycles. The molecular weight excluding hydrogens is 344 g/mol. The van der Waals surface area contributed by atoms with E-state index in [9.17, 15) is 0 Å². The lowest BCUT2D eigenvalue weighted by Crippen LogP contribution is -2.46. The van der Waals surface area contributed by atoms with Crippen LogP contribution >= 0.6 is 11.6 Å². The molecule has 1 unspecified atom stereocenters. The number of ether oxygens (including phenoxy) is 1. The summed E-state index contributed by atoms with van der Waals surface area (Å²) in [6.07, 6.45) is 4.28. The summed E-state index contributed by atoms with van der Waals surface area (Å²) in [4.78, 5) is 7.05. The fourth-order valence-electron chi connectivity index (χ4n) is 3.83. The first-order chi connectivity index (χ1) is 12.6. The van der Waals surface area contributed by atoms with Crippen LogP contribution in [0.15, 0.2) is 65.7 Å². The van der Waals surface area contributed by atoms with Crippen LogP contribution in [0.2, 0.25) is 5.02 Å². The van der Waals surface area contributed by atoms with Gasteiger partial charge in [-0.25, -0.2) is 0 Å². The van der Waals surface area contributed by atoms with Crippen LogP contribution < -0.4 is 0 Å². The Kier molecular flexibility index (Phi) is 4.60. The predicted molar refractivity (Wildman–Crippen MR) is 107 cm³/mol. The molecule has 2 aromatic carbocycles. The van der Waals surface area contributed by atoms with Crippen LogP contribution in [0.25, 0.3) is 0 Å². The van der Waals surface area contributed by atoms with Gasteiger partial charge in [0.1, 0.15) is 5.84 Å². The van der Waals surface area contributed by atoms with E-state index in [2.05, 4.69) is 67.3 Å². The van der Waals surface area contributed by atoms with E-state index in [-0.39, 0.29) is 0 Å². The Balaban J connectivity index is 1.83. The minimum absolute atomic E-state index is 0.504. The highest BCUT2D eigenvalue weighted by Gasteiger charge is 2.51. The van der Waals surface area contributed by atoms with E-state index < -0.39 is 5.72 Å². The van der Waals surface area contributed by atoms with Crippen molar-refractivity contribution in [1.29, 1.82) is 0 Å². The van der Waals surface area contributed by atoms with Crippen molar-refractivity contribution in [2.75, 3.05) is 19.7 Å². The monoisotopic (exact) mass is 366 g/mol. The molecule has 4 rings (SSSR count). The van der Waals surface area contributed by atoms with E-state index in [0.29, 0.717) is 12.5 Å². The fourth-order valence-corrected chi connectivity index (χ4v) is 3.95. The average molecular weight is 367 g/mol. The third-order valence-corrected chi connectivity index (χ3v) is 5.15. The molecule has 26 heavy (non-hydrogen) atoms. The highest BCUT2D eigenvalue weighted by atomic mass is 35.5. The maximum Gasteiger partial charge on any atom is 0.196 e. The van der Waals surface area contributed by atoms with Crippen molar-refractivity contribution in [3.63, 3.8) is 0 Å². The Labute approximate surface area is 160 Å². The lowest BCUT2D eigenvalue weighted by Gasteiger charge is -2.38. The van der Waals surface area contributed by atoms with Crippen molar-refractivity contribution in [2.24, 2.45) is 10.9 Å². The second-order valence-corrected chi connectivity index (χ2v) is 7.47. The standard InChI is InChI=1S/C22H23ClN2O/c1-16(2)6-5-15-26-22(17-9-11-18(23)12-10-17)20-8-4-3-7-19(20)21-24-13-14-25(21)22/h3-12,16H,13-15H2,1-2H3/b6-5+. The number of allylic oxidation sites excluding steroid dienone is 1. The smallest absolute Gasteiger partial charge is 0.196 e. The number of benzene rings is 2. The number of rotatable bonds is 5. The van der Waals surface area contributed by atoms with Crippen LogP contribution in [0.1, 0.15) is 30.5 Å². The molecule has 0 radical (unpaired) electrons. The van der Waals surface area contributed by atoms with Crippen molar-refractivity contribution in [3.05, 3.63) is 82.4 Å². The summed E-state index contributed by atoms with van der Waals surface area (Å²) in [5.41, 5.74) is 2.74. The van der Waals surface area contributed by atoms with Gasteiger partial charge in [-0.15, -0.1) is 0 Å². The Hall–Kier alpha value is -2.10. The molecule has 3 nitrogen and oxygen atoms in total. The van der Waals surface area contributed by atoms with E-state index >= 15 is 0 Å². The number of aliphatic imine (C=N–C) groups is 1. The second-order valence-electron chi connectivity index (χ2n) is 7.04. The van der Waals surface area contributed by atoms with Gasteiger partial charge < -0.3 is 9.64 Å². The van der Waals surface area contributed by atoms with Crippen molar-refractivity contribution in [2.45, 2.75) is 19.6 Å². The van der Waals surface area contributed by atoms with Crippen molar-refractivity contribution < 1.29 is 4.74 Å². The molecule has 0 saturated carbocycles. The maximum atomic E-state index is 6.62. The molecule has 2 aliphatic rings. The highest BCUT2D eigenvalue weighted by molar-refractivity contribution is 6.30. The molecule has 0 bridgehead atoms. The summed E-state index contributed by atoms with van der Waals surface area (Å²) in [6.45, 7) is 6.52. The van der Waals surface area contributed by atoms with Gasteiger partial charge in [-0.1, -0.05) is 74.0 Å². The molecule has 0 fully saturated rings. The normalized spacial score (nSPS) is 21.4. The summed E-state index contributed by atoms with van der Waals surface area (Å²) in [6, 6.07) is 16.4. The molecule has 2 aromatic rings. The first kappa shape index (κ1) is 17.3. The number of hydrogen-bond donors (Lipinski definition) is 0. The summed E-state index contributed by atoms with van der Waals surface area (Å²) >= 11 is 6.15. The number of halogens is 1. The Morgan fingerprint density at radius 2 is 1.96 bits per heavy atom. The quantitative estimate of drug-likeness (QED) is 0.707. The SMILES string of the molecule is CC(C)/C=C/COC1(c2ccc(Cl)cc2)c2ccccc2C2=NCCN21. The van der Waals surface area contributed by atoms with Gasteiger partial charge in [-0.05, 0) is 18.1 Å². The Bertz CT molecular complexity index is 857. The first-order valence-electron chi connectivity index (χ1n) is 9.11. The van der Waals surface area contributed by atoms with Gasteiger partial charge in [0, 0.05) is 28.3 Å². The predicted octanol–water partition coefficient (Wildman–Crippen LogP) is 4.85. The number of nitrogens with zero attached hydrogens (tertiary/aromatic N) is 2. The van der Waals surface area contributed by atoms with Crippen molar-refractivity contribution in [1.82, 2.24) is 4.90 Å². The molecule has 0 saturated heterocycles. The van der Waals surface area contributed by atoms with Gasteiger partial charge in [0.2, 0.25) is 0 Å². The third kappa shape index (κ3) is 2.76. The second kappa shape index (κ2) is 6.90. The van der Waals surface area contributed by atoms with Crippen LogP contribution in [0, 0.1) is 5.92 Å². The summed E-state index contributed by atoms with van der Waals surface area (Å²) in [5.74, 6) is 1.54. The van der Waals surface area contributed by atoms with Crippen LogP contribution in [0.3, 0.4) is 0 Å². The van der Waals surface area contributed by atoms with Gasteiger partial charge in [0.15, 0.2) is 5.72 Å². The Morgan fingerprint density at radius 1 is 1.19 bits per heavy atom. The summed E-state index contributed by atoms with van der Waals surface area (Å²) < 4.78 is 6.62. The van der Waals surface area contributed by atoms with E-state index in [4.69, 9.17) is 21.3 Å². The average Bonchev–Trinajstić information content (AvgIpc) is 3.21. The molecule has 0 spiro atoms. The Morgan fingerprint density at radius 3 is 2.73 bits per heavy atom. The summed E-state index contributed by atoms with van der Waals surface area (Å²) in [7, 11) is 0. The van der Waals surface area contributed by atoms with Gasteiger partial charge in [-0.3, -0.25) is 4.99 Å². The van der Waals surface area contributed by atoms with Gasteiger partial charge in [0.05, 0.1) is 13.2 Å².